The largest absolute Gasteiger partial charge is 0.301 e. The van der Waals surface area contributed by atoms with E-state index in [1.54, 1.807) is 0 Å². The Morgan fingerprint density at radius 2 is 1.43 bits per heavy atom. The van der Waals surface area contributed by atoms with Crippen LogP contribution < -0.4 is 0 Å². The molecule has 1 aromatic carbocycles. The third-order valence-electron chi connectivity index (χ3n) is 4.53. The second kappa shape index (κ2) is 11.8. The van der Waals surface area contributed by atoms with Crippen LogP contribution in [0.15, 0.2) is 30.3 Å². The van der Waals surface area contributed by atoms with Crippen molar-refractivity contribution in [3.05, 3.63) is 35.9 Å². The standard InChI is InChI=1S/C20H35N/c1-4-7-8-9-10-14-17-20(21(5-2)6-3)18-19-15-12-11-13-16-19/h11-13,15-16,20H,4-10,14,17-18H2,1-3H3. The minimum absolute atomic E-state index is 0.716. The Balaban J connectivity index is 2.41. The minimum atomic E-state index is 0.716. The smallest absolute Gasteiger partial charge is 0.0135 e. The molecule has 1 heteroatoms. The van der Waals surface area contributed by atoms with E-state index in [1.165, 1.54) is 70.0 Å². The maximum Gasteiger partial charge on any atom is 0.0135 e. The highest BCUT2D eigenvalue weighted by Crippen LogP contribution is 2.16. The Kier molecular flexibility index (Phi) is 10.2. The molecule has 0 aromatic heterocycles. The average molecular weight is 290 g/mol. The predicted molar refractivity (Wildman–Crippen MR) is 94.8 cm³/mol. The number of nitrogens with zero attached hydrogens (tertiary/aromatic N) is 1. The van der Waals surface area contributed by atoms with E-state index in [0.29, 0.717) is 6.04 Å². The van der Waals surface area contributed by atoms with Crippen LogP contribution in [0.1, 0.15) is 71.3 Å². The highest BCUT2D eigenvalue weighted by Gasteiger charge is 2.15. The molecular weight excluding hydrogens is 254 g/mol. The maximum atomic E-state index is 2.64. The van der Waals surface area contributed by atoms with E-state index in [4.69, 9.17) is 0 Å². The summed E-state index contributed by atoms with van der Waals surface area (Å²) >= 11 is 0. The van der Waals surface area contributed by atoms with Crippen molar-refractivity contribution in [2.75, 3.05) is 13.1 Å². The minimum Gasteiger partial charge on any atom is -0.301 e. The number of hydrogen-bond donors (Lipinski definition) is 0. The first-order chi connectivity index (χ1) is 10.3. The fourth-order valence-corrected chi connectivity index (χ4v) is 3.20. The summed E-state index contributed by atoms with van der Waals surface area (Å²) in [7, 11) is 0. The number of unbranched alkanes of at least 4 members (excludes halogenated alkanes) is 5. The lowest BCUT2D eigenvalue weighted by molar-refractivity contribution is 0.200. The summed E-state index contributed by atoms with van der Waals surface area (Å²) in [4.78, 5) is 2.64. The molecule has 1 unspecified atom stereocenters. The topological polar surface area (TPSA) is 3.24 Å². The van der Waals surface area contributed by atoms with Crippen molar-refractivity contribution in [1.82, 2.24) is 4.90 Å². The molecular formula is C20H35N. The molecule has 0 bridgehead atoms. The normalized spacial score (nSPS) is 12.8. The summed E-state index contributed by atoms with van der Waals surface area (Å²) < 4.78 is 0. The van der Waals surface area contributed by atoms with Crippen LogP contribution in [0.3, 0.4) is 0 Å². The fraction of sp³-hybridized carbons (Fsp3) is 0.700. The maximum absolute atomic E-state index is 2.64. The zero-order valence-corrected chi connectivity index (χ0v) is 14.5. The molecule has 0 amide bonds. The van der Waals surface area contributed by atoms with Crippen molar-refractivity contribution >= 4 is 0 Å². The highest BCUT2D eigenvalue weighted by atomic mass is 15.1. The summed E-state index contributed by atoms with van der Waals surface area (Å²) in [5, 5.41) is 0. The molecule has 1 rings (SSSR count). The van der Waals surface area contributed by atoms with Gasteiger partial charge in [-0.25, -0.2) is 0 Å². The molecule has 1 nitrogen and oxygen atoms in total. The van der Waals surface area contributed by atoms with E-state index < -0.39 is 0 Å². The van der Waals surface area contributed by atoms with Gasteiger partial charge in [-0.3, -0.25) is 0 Å². The molecule has 21 heavy (non-hydrogen) atoms. The molecule has 0 saturated heterocycles. The molecule has 0 aliphatic heterocycles. The first-order valence-electron chi connectivity index (χ1n) is 9.09. The van der Waals surface area contributed by atoms with Crippen LogP contribution in [0.5, 0.6) is 0 Å². The van der Waals surface area contributed by atoms with Crippen LogP contribution >= 0.6 is 0 Å². The van der Waals surface area contributed by atoms with E-state index in [9.17, 15) is 0 Å². The van der Waals surface area contributed by atoms with Gasteiger partial charge in [-0.15, -0.1) is 0 Å². The first-order valence-corrected chi connectivity index (χ1v) is 9.09. The van der Waals surface area contributed by atoms with Gasteiger partial charge in [0.1, 0.15) is 0 Å². The van der Waals surface area contributed by atoms with E-state index in [0.717, 1.165) is 0 Å². The van der Waals surface area contributed by atoms with Gasteiger partial charge in [-0.05, 0) is 31.5 Å². The van der Waals surface area contributed by atoms with Crippen LogP contribution in [-0.2, 0) is 6.42 Å². The SMILES string of the molecule is CCCCCCCCC(Cc1ccccc1)N(CC)CC. The van der Waals surface area contributed by atoms with Crippen molar-refractivity contribution < 1.29 is 0 Å². The molecule has 0 fully saturated rings. The lowest BCUT2D eigenvalue weighted by Crippen LogP contribution is -2.36. The van der Waals surface area contributed by atoms with Gasteiger partial charge >= 0.3 is 0 Å². The fourth-order valence-electron chi connectivity index (χ4n) is 3.20. The van der Waals surface area contributed by atoms with Crippen molar-refractivity contribution in [3.8, 4) is 0 Å². The third-order valence-corrected chi connectivity index (χ3v) is 4.53. The number of likely N-dealkylation sites (N-methyl/N-ethyl adjacent to an activating group) is 1. The highest BCUT2D eigenvalue weighted by molar-refractivity contribution is 5.15. The van der Waals surface area contributed by atoms with E-state index in [-0.39, 0.29) is 0 Å². The van der Waals surface area contributed by atoms with E-state index in [1.807, 2.05) is 0 Å². The average Bonchev–Trinajstić information content (AvgIpc) is 2.52. The van der Waals surface area contributed by atoms with Crippen LogP contribution in [0, 0.1) is 0 Å². The molecule has 0 N–H and O–H groups in total. The van der Waals surface area contributed by atoms with Gasteiger partial charge < -0.3 is 4.90 Å². The second-order valence-corrected chi connectivity index (χ2v) is 6.12. The third kappa shape index (κ3) is 7.66. The lowest BCUT2D eigenvalue weighted by atomic mass is 9.98. The summed E-state index contributed by atoms with van der Waals surface area (Å²) in [6.07, 6.45) is 10.9. The molecule has 0 heterocycles. The molecule has 0 radical (unpaired) electrons. The Morgan fingerprint density at radius 3 is 2.05 bits per heavy atom. The zero-order valence-electron chi connectivity index (χ0n) is 14.5. The molecule has 0 saturated carbocycles. The van der Waals surface area contributed by atoms with Gasteiger partial charge in [0.15, 0.2) is 0 Å². The van der Waals surface area contributed by atoms with Gasteiger partial charge in [-0.2, -0.15) is 0 Å². The first kappa shape index (κ1) is 18.2. The number of hydrogen-bond acceptors (Lipinski definition) is 1. The van der Waals surface area contributed by atoms with Crippen LogP contribution in [0.2, 0.25) is 0 Å². The second-order valence-electron chi connectivity index (χ2n) is 6.12. The van der Waals surface area contributed by atoms with Crippen molar-refractivity contribution in [1.29, 1.82) is 0 Å². The Bertz CT molecular complexity index is 329. The Hall–Kier alpha value is -0.820. The quantitative estimate of drug-likeness (QED) is 0.447. The van der Waals surface area contributed by atoms with Crippen LogP contribution in [0.4, 0.5) is 0 Å². The predicted octanol–water partition coefficient (Wildman–Crippen LogP) is 5.69. The van der Waals surface area contributed by atoms with Crippen molar-refractivity contribution in [2.45, 2.75) is 78.2 Å². The van der Waals surface area contributed by atoms with Gasteiger partial charge in [-0.1, -0.05) is 89.6 Å². The van der Waals surface area contributed by atoms with Crippen LogP contribution in [0.25, 0.3) is 0 Å². The summed E-state index contributed by atoms with van der Waals surface area (Å²) in [6.45, 7) is 9.22. The monoisotopic (exact) mass is 289 g/mol. The molecule has 0 aliphatic rings. The molecule has 0 spiro atoms. The number of benzene rings is 1. The van der Waals surface area contributed by atoms with Crippen LogP contribution in [-0.4, -0.2) is 24.0 Å². The van der Waals surface area contributed by atoms with Gasteiger partial charge in [0.05, 0.1) is 0 Å². The Labute approximate surface area is 132 Å². The summed E-state index contributed by atoms with van der Waals surface area (Å²) in [5.74, 6) is 0. The van der Waals surface area contributed by atoms with Crippen molar-refractivity contribution in [2.24, 2.45) is 0 Å². The molecule has 1 atom stereocenters. The lowest BCUT2D eigenvalue weighted by Gasteiger charge is -2.30. The molecule has 1 aromatic rings. The Morgan fingerprint density at radius 1 is 0.810 bits per heavy atom. The van der Waals surface area contributed by atoms with Crippen molar-refractivity contribution in [3.63, 3.8) is 0 Å². The van der Waals surface area contributed by atoms with Gasteiger partial charge in [0.25, 0.3) is 0 Å². The van der Waals surface area contributed by atoms with E-state index >= 15 is 0 Å². The molecule has 0 aliphatic carbocycles. The summed E-state index contributed by atoms with van der Waals surface area (Å²) in [5.41, 5.74) is 1.49. The zero-order chi connectivity index (χ0) is 15.3. The van der Waals surface area contributed by atoms with Gasteiger partial charge in [0.2, 0.25) is 0 Å². The summed E-state index contributed by atoms with van der Waals surface area (Å²) in [6, 6.07) is 11.7. The number of rotatable bonds is 12. The van der Waals surface area contributed by atoms with E-state index in [2.05, 4.69) is 56.0 Å². The van der Waals surface area contributed by atoms with Gasteiger partial charge in [0, 0.05) is 6.04 Å². The molecule has 120 valence electrons.